The molecule has 0 radical (unpaired) electrons. The summed E-state index contributed by atoms with van der Waals surface area (Å²) in [5.41, 5.74) is 7.79. The average Bonchev–Trinajstić information content (AvgIpc) is 2.98. The van der Waals surface area contributed by atoms with Crippen LogP contribution in [0.5, 0.6) is 0 Å². The van der Waals surface area contributed by atoms with Gasteiger partial charge >= 0.3 is 0 Å². The van der Waals surface area contributed by atoms with Crippen molar-refractivity contribution < 1.29 is 4.39 Å². The van der Waals surface area contributed by atoms with Crippen LogP contribution in [0.15, 0.2) is 55.4 Å². The van der Waals surface area contributed by atoms with E-state index in [4.69, 9.17) is 5.73 Å². The Labute approximate surface area is 138 Å². The van der Waals surface area contributed by atoms with E-state index >= 15 is 0 Å². The molecule has 0 amide bonds. The molecule has 2 heterocycles. The van der Waals surface area contributed by atoms with Gasteiger partial charge in [-0.25, -0.2) is 14.4 Å². The number of anilines is 2. The molecule has 0 atom stereocenters. The number of nitrogens with two attached hydrogens (primary N) is 1. The predicted molar refractivity (Wildman–Crippen MR) is 94.1 cm³/mol. The van der Waals surface area contributed by atoms with Gasteiger partial charge in [0, 0.05) is 35.1 Å². The minimum Gasteiger partial charge on any atom is -0.403 e. The fourth-order valence-electron chi connectivity index (χ4n) is 2.36. The number of hydrogen-bond donors (Lipinski definition) is 3. The van der Waals surface area contributed by atoms with Gasteiger partial charge in [0.2, 0.25) is 5.95 Å². The zero-order valence-electron chi connectivity index (χ0n) is 12.8. The lowest BCUT2D eigenvalue weighted by Crippen LogP contribution is -2.25. The maximum Gasteiger partial charge on any atom is 0.227 e. The molecule has 0 saturated carbocycles. The van der Waals surface area contributed by atoms with Crippen molar-refractivity contribution in [2.24, 2.45) is 5.73 Å². The topological polar surface area (TPSA) is 79.6 Å². The second kappa shape index (κ2) is 6.78. The van der Waals surface area contributed by atoms with Gasteiger partial charge in [0.25, 0.3) is 0 Å². The van der Waals surface area contributed by atoms with Gasteiger partial charge < -0.3 is 16.0 Å². The van der Waals surface area contributed by atoms with Crippen LogP contribution in [0.4, 0.5) is 16.0 Å². The summed E-state index contributed by atoms with van der Waals surface area (Å²) in [5.74, 6) is 0.0508. The first-order valence-electron chi connectivity index (χ1n) is 7.29. The lowest BCUT2D eigenvalue weighted by atomic mass is 10.2. The van der Waals surface area contributed by atoms with Gasteiger partial charge in [0.05, 0.1) is 11.0 Å². The molecule has 3 rings (SSSR count). The Morgan fingerprint density at radius 3 is 2.92 bits per heavy atom. The first-order valence-corrected chi connectivity index (χ1v) is 7.29. The number of rotatable bonds is 4. The van der Waals surface area contributed by atoms with Crippen LogP contribution in [0.2, 0.25) is 0 Å². The zero-order chi connectivity index (χ0) is 16.9. The van der Waals surface area contributed by atoms with E-state index in [0.29, 0.717) is 17.3 Å². The van der Waals surface area contributed by atoms with Crippen LogP contribution in [-0.2, 0) is 0 Å². The second-order valence-corrected chi connectivity index (χ2v) is 5.00. The van der Waals surface area contributed by atoms with Crippen LogP contribution in [0.25, 0.3) is 23.5 Å². The van der Waals surface area contributed by atoms with Crippen molar-refractivity contribution in [3.05, 3.63) is 71.8 Å². The van der Waals surface area contributed by atoms with E-state index in [9.17, 15) is 4.39 Å². The highest BCUT2D eigenvalue weighted by molar-refractivity contribution is 5.64. The quantitative estimate of drug-likeness (QED) is 0.687. The molecule has 3 aromatic rings. The van der Waals surface area contributed by atoms with E-state index in [2.05, 4.69) is 26.8 Å². The smallest absolute Gasteiger partial charge is 0.227 e. The van der Waals surface area contributed by atoms with Crippen LogP contribution in [0, 0.1) is 5.82 Å². The number of H-pyrrole nitrogens is 1. The van der Waals surface area contributed by atoms with Crippen molar-refractivity contribution in [1.82, 2.24) is 15.0 Å². The highest BCUT2D eigenvalue weighted by Crippen LogP contribution is 2.17. The van der Waals surface area contributed by atoms with E-state index in [1.54, 1.807) is 30.5 Å². The Balaban J connectivity index is 2.02. The van der Waals surface area contributed by atoms with Crippen molar-refractivity contribution in [3.63, 3.8) is 0 Å². The molecule has 120 valence electrons. The predicted octanol–water partition coefficient (Wildman–Crippen LogP) is 2.02. The van der Waals surface area contributed by atoms with E-state index in [0.717, 1.165) is 16.1 Å². The monoisotopic (exact) mass is 321 g/mol. The number of nitrogens with zero attached hydrogens (tertiary/aromatic N) is 2. The number of benzene rings is 1. The summed E-state index contributed by atoms with van der Waals surface area (Å²) in [7, 11) is 0. The molecule has 0 bridgehead atoms. The third-order valence-electron chi connectivity index (χ3n) is 3.42. The molecule has 24 heavy (non-hydrogen) atoms. The molecule has 1 aromatic carbocycles. The summed E-state index contributed by atoms with van der Waals surface area (Å²) in [6.07, 6.45) is 8.49. The molecular formula is C18H16FN5. The van der Waals surface area contributed by atoms with Crippen molar-refractivity contribution >= 4 is 23.9 Å². The number of nitrogens with one attached hydrogen (secondary N) is 2. The fraction of sp³-hybridized carbons (Fsp3) is 0. The summed E-state index contributed by atoms with van der Waals surface area (Å²) in [5, 5.41) is 4.66. The zero-order valence-corrected chi connectivity index (χ0v) is 12.8. The van der Waals surface area contributed by atoms with Crippen LogP contribution in [-0.4, -0.2) is 15.0 Å². The normalized spacial score (nSPS) is 12.4. The van der Waals surface area contributed by atoms with E-state index < -0.39 is 0 Å². The van der Waals surface area contributed by atoms with Gasteiger partial charge in [-0.3, -0.25) is 0 Å². The number of hydrogen-bond acceptors (Lipinski definition) is 4. The van der Waals surface area contributed by atoms with Gasteiger partial charge in [-0.1, -0.05) is 24.8 Å². The first-order chi connectivity index (χ1) is 11.7. The molecule has 0 unspecified atom stereocenters. The maximum atomic E-state index is 13.3. The SMILES string of the molecule is C=C/C=c1/c(-c2ccnc(Nc3cccc(F)c3)n2)c[nH]/c1=C/N. The summed E-state index contributed by atoms with van der Waals surface area (Å²) in [4.78, 5) is 11.8. The molecular weight excluding hydrogens is 305 g/mol. The summed E-state index contributed by atoms with van der Waals surface area (Å²) >= 11 is 0. The van der Waals surface area contributed by atoms with Crippen LogP contribution >= 0.6 is 0 Å². The highest BCUT2D eigenvalue weighted by Gasteiger charge is 2.06. The Hall–Kier alpha value is -3.41. The van der Waals surface area contributed by atoms with Gasteiger partial charge in [-0.15, -0.1) is 0 Å². The average molecular weight is 321 g/mol. The van der Waals surface area contributed by atoms with Gasteiger partial charge in [0.1, 0.15) is 5.82 Å². The third kappa shape index (κ3) is 3.17. The minimum absolute atomic E-state index is 0.326. The van der Waals surface area contributed by atoms with Gasteiger partial charge in [-0.2, -0.15) is 0 Å². The first kappa shape index (κ1) is 15.5. The standard InChI is InChI=1S/C18H16FN5/c1-2-4-14-15(11-22-17(14)10-20)16-7-8-21-18(24-16)23-13-6-3-5-12(19)9-13/h2-11,22H,1,20H2,(H,21,23,24)/b14-4-,17-10+. The Kier molecular flexibility index (Phi) is 4.38. The number of allylic oxidation sites excluding steroid dienone is 1. The molecule has 0 aliphatic carbocycles. The second-order valence-electron chi connectivity index (χ2n) is 5.00. The van der Waals surface area contributed by atoms with E-state index in [1.807, 2.05) is 12.3 Å². The molecule has 2 aromatic heterocycles. The fourth-order valence-corrected chi connectivity index (χ4v) is 2.36. The molecule has 4 N–H and O–H groups in total. The molecule has 0 aliphatic heterocycles. The van der Waals surface area contributed by atoms with Crippen molar-refractivity contribution in [2.45, 2.75) is 0 Å². The highest BCUT2D eigenvalue weighted by atomic mass is 19.1. The third-order valence-corrected chi connectivity index (χ3v) is 3.42. The largest absolute Gasteiger partial charge is 0.403 e. The molecule has 0 aliphatic rings. The molecule has 0 spiro atoms. The molecule has 5 nitrogen and oxygen atoms in total. The van der Waals surface area contributed by atoms with Crippen molar-refractivity contribution in [2.75, 3.05) is 5.32 Å². The molecule has 0 fully saturated rings. The summed E-state index contributed by atoms with van der Waals surface area (Å²) in [6.45, 7) is 3.72. The van der Waals surface area contributed by atoms with E-state index in [1.165, 1.54) is 18.3 Å². The summed E-state index contributed by atoms with van der Waals surface area (Å²) < 4.78 is 13.3. The lowest BCUT2D eigenvalue weighted by Gasteiger charge is -2.06. The van der Waals surface area contributed by atoms with Crippen LogP contribution in [0.1, 0.15) is 0 Å². The molecule has 0 saturated heterocycles. The minimum atomic E-state index is -0.326. The van der Waals surface area contributed by atoms with E-state index in [-0.39, 0.29) is 5.82 Å². The maximum absolute atomic E-state index is 13.3. The number of halogens is 1. The van der Waals surface area contributed by atoms with Crippen molar-refractivity contribution in [3.8, 4) is 11.3 Å². The van der Waals surface area contributed by atoms with Crippen LogP contribution in [0.3, 0.4) is 0 Å². The molecule has 6 heteroatoms. The van der Waals surface area contributed by atoms with Crippen LogP contribution < -0.4 is 21.6 Å². The Morgan fingerprint density at radius 1 is 1.29 bits per heavy atom. The Morgan fingerprint density at radius 2 is 2.17 bits per heavy atom. The van der Waals surface area contributed by atoms with Gasteiger partial charge in [-0.05, 0) is 24.3 Å². The number of aromatic nitrogens is 3. The van der Waals surface area contributed by atoms with Gasteiger partial charge in [0.15, 0.2) is 0 Å². The summed E-state index contributed by atoms with van der Waals surface area (Å²) in [6, 6.07) is 7.91. The van der Waals surface area contributed by atoms with Crippen molar-refractivity contribution in [1.29, 1.82) is 0 Å². The Bertz CT molecular complexity index is 991. The number of aromatic amines is 1. The lowest BCUT2D eigenvalue weighted by molar-refractivity contribution is 0.628.